The molecule has 2 fully saturated rings. The van der Waals surface area contributed by atoms with Gasteiger partial charge in [0, 0.05) is 31.7 Å². The lowest BCUT2D eigenvalue weighted by molar-refractivity contribution is -0.148. The SMILES string of the molecule is C=CCN1C(=O)/C(=C/c2c(C)c(C#N)c(=O)n(CCCC)c2N2CCC(C(=O)OCC)CC2)SC1=S. The first kappa shape index (κ1) is 27.7. The van der Waals surface area contributed by atoms with Crippen LogP contribution in [0.15, 0.2) is 22.4 Å². The van der Waals surface area contributed by atoms with Gasteiger partial charge in [-0.3, -0.25) is 23.9 Å². The molecule has 2 saturated heterocycles. The number of anilines is 1. The first-order valence-electron chi connectivity index (χ1n) is 12.2. The van der Waals surface area contributed by atoms with E-state index in [1.54, 1.807) is 30.6 Å². The molecule has 0 atom stereocenters. The minimum absolute atomic E-state index is 0.0732. The van der Waals surface area contributed by atoms with Gasteiger partial charge in [0.05, 0.1) is 17.4 Å². The highest BCUT2D eigenvalue weighted by molar-refractivity contribution is 8.26. The summed E-state index contributed by atoms with van der Waals surface area (Å²) < 4.78 is 7.32. The molecule has 0 saturated carbocycles. The summed E-state index contributed by atoms with van der Waals surface area (Å²) in [6, 6.07) is 2.08. The van der Waals surface area contributed by atoms with Crippen molar-refractivity contribution in [2.75, 3.05) is 31.1 Å². The van der Waals surface area contributed by atoms with Gasteiger partial charge in [-0.05, 0) is 44.7 Å². The quantitative estimate of drug-likeness (QED) is 0.205. The van der Waals surface area contributed by atoms with Gasteiger partial charge in [-0.1, -0.05) is 43.4 Å². The van der Waals surface area contributed by atoms with Crippen molar-refractivity contribution in [1.82, 2.24) is 9.47 Å². The number of thiocarbonyl (C=S) groups is 1. The molecule has 0 radical (unpaired) electrons. The Kier molecular flexibility index (Phi) is 9.51. The fourth-order valence-electron chi connectivity index (χ4n) is 4.51. The van der Waals surface area contributed by atoms with Crippen LogP contribution in [-0.4, -0.2) is 51.9 Å². The summed E-state index contributed by atoms with van der Waals surface area (Å²) >= 11 is 6.60. The first-order chi connectivity index (χ1) is 17.3. The zero-order chi connectivity index (χ0) is 26.4. The Labute approximate surface area is 221 Å². The van der Waals surface area contributed by atoms with Gasteiger partial charge in [-0.2, -0.15) is 5.26 Å². The van der Waals surface area contributed by atoms with Gasteiger partial charge in [0.15, 0.2) is 0 Å². The topological polar surface area (TPSA) is 95.6 Å². The number of hydrogen-bond acceptors (Lipinski definition) is 8. The van der Waals surface area contributed by atoms with Gasteiger partial charge in [-0.25, -0.2) is 0 Å². The fraction of sp³-hybridized carbons (Fsp3) is 0.500. The average molecular weight is 529 g/mol. The highest BCUT2D eigenvalue weighted by atomic mass is 32.2. The number of thioether (sulfide) groups is 1. The molecule has 8 nitrogen and oxygen atoms in total. The van der Waals surface area contributed by atoms with E-state index in [0.29, 0.717) is 71.8 Å². The van der Waals surface area contributed by atoms with Crippen LogP contribution in [0.2, 0.25) is 0 Å². The van der Waals surface area contributed by atoms with E-state index in [0.717, 1.165) is 12.8 Å². The number of aromatic nitrogens is 1. The summed E-state index contributed by atoms with van der Waals surface area (Å²) in [5, 5.41) is 9.83. The number of unbranched alkanes of at least 4 members (excludes halogenated alkanes) is 1. The number of carbonyl (C=O) groups is 2. The molecule has 0 bridgehead atoms. The monoisotopic (exact) mass is 528 g/mol. The molecule has 0 unspecified atom stereocenters. The number of nitrogens with zero attached hydrogens (tertiary/aromatic N) is 4. The number of nitriles is 1. The predicted molar refractivity (Wildman–Crippen MR) is 147 cm³/mol. The van der Waals surface area contributed by atoms with Crippen molar-refractivity contribution >= 4 is 52.1 Å². The van der Waals surface area contributed by atoms with Gasteiger partial charge >= 0.3 is 5.97 Å². The minimum atomic E-state index is -0.331. The minimum Gasteiger partial charge on any atom is -0.466 e. The van der Waals surface area contributed by atoms with Crippen LogP contribution < -0.4 is 10.5 Å². The Morgan fingerprint density at radius 3 is 2.58 bits per heavy atom. The van der Waals surface area contributed by atoms with Crippen LogP contribution in [-0.2, 0) is 20.9 Å². The van der Waals surface area contributed by atoms with Crippen LogP contribution in [0.25, 0.3) is 6.08 Å². The lowest BCUT2D eigenvalue weighted by Crippen LogP contribution is -2.41. The van der Waals surface area contributed by atoms with Crippen molar-refractivity contribution in [3.63, 3.8) is 0 Å². The van der Waals surface area contributed by atoms with E-state index in [2.05, 4.69) is 17.5 Å². The van der Waals surface area contributed by atoms with Crippen molar-refractivity contribution in [2.45, 2.75) is 53.0 Å². The first-order valence-corrected chi connectivity index (χ1v) is 13.5. The molecule has 2 aliphatic rings. The summed E-state index contributed by atoms with van der Waals surface area (Å²) in [4.78, 5) is 42.8. The van der Waals surface area contributed by atoms with Gasteiger partial charge in [0.2, 0.25) is 0 Å². The third-order valence-corrected chi connectivity index (χ3v) is 7.83. The van der Waals surface area contributed by atoms with Crippen LogP contribution in [0.4, 0.5) is 5.82 Å². The number of rotatable bonds is 9. The second-order valence-corrected chi connectivity index (χ2v) is 10.4. The molecule has 0 spiro atoms. The van der Waals surface area contributed by atoms with Crippen LogP contribution in [0.3, 0.4) is 0 Å². The predicted octanol–water partition coefficient (Wildman–Crippen LogP) is 4.00. The molecule has 3 heterocycles. The number of pyridine rings is 1. The van der Waals surface area contributed by atoms with Gasteiger partial charge in [-0.15, -0.1) is 6.58 Å². The third-order valence-electron chi connectivity index (χ3n) is 6.46. The number of ether oxygens (including phenoxy) is 1. The molecule has 1 aromatic heterocycles. The molecule has 36 heavy (non-hydrogen) atoms. The number of esters is 1. The van der Waals surface area contributed by atoms with Gasteiger partial charge < -0.3 is 9.64 Å². The lowest BCUT2D eigenvalue weighted by Gasteiger charge is -2.35. The smallest absolute Gasteiger partial charge is 0.309 e. The van der Waals surface area contributed by atoms with Crippen LogP contribution in [0.1, 0.15) is 56.2 Å². The normalized spacial score (nSPS) is 17.6. The maximum absolute atomic E-state index is 13.4. The van der Waals surface area contributed by atoms with Crippen molar-refractivity contribution in [3.05, 3.63) is 44.6 Å². The second kappa shape index (κ2) is 12.4. The maximum Gasteiger partial charge on any atom is 0.309 e. The number of amides is 1. The van der Waals surface area contributed by atoms with Gasteiger partial charge in [0.1, 0.15) is 21.8 Å². The molecule has 3 rings (SSSR count). The van der Waals surface area contributed by atoms with E-state index in [1.165, 1.54) is 16.7 Å². The van der Waals surface area contributed by atoms with E-state index >= 15 is 0 Å². The molecular formula is C26H32N4O4S2. The Hall–Kier alpha value is -2.90. The van der Waals surface area contributed by atoms with Crippen molar-refractivity contribution in [2.24, 2.45) is 5.92 Å². The molecule has 0 aliphatic carbocycles. The Bertz CT molecular complexity index is 1190. The van der Waals surface area contributed by atoms with Crippen molar-refractivity contribution in [1.29, 1.82) is 5.26 Å². The maximum atomic E-state index is 13.4. The lowest BCUT2D eigenvalue weighted by atomic mass is 9.95. The number of piperidine rings is 1. The van der Waals surface area contributed by atoms with E-state index in [-0.39, 0.29) is 28.9 Å². The standard InChI is InChI=1S/C26H32N4O4S2/c1-5-8-12-29-22(28-13-9-18(10-14-28)25(33)34-7-3)19(17(4)20(16-27)23(29)31)15-21-24(32)30(11-6-2)26(35)36-21/h6,15,18H,2,5,7-14H2,1,3-4H3/b21-15-. The summed E-state index contributed by atoms with van der Waals surface area (Å²) in [5.41, 5.74) is 0.939. The molecule has 1 aromatic rings. The fourth-order valence-corrected chi connectivity index (χ4v) is 5.77. The Morgan fingerprint density at radius 1 is 1.31 bits per heavy atom. The van der Waals surface area contributed by atoms with Crippen molar-refractivity contribution < 1.29 is 14.3 Å². The summed E-state index contributed by atoms with van der Waals surface area (Å²) in [6.45, 7) is 11.5. The second-order valence-electron chi connectivity index (χ2n) is 8.75. The molecule has 0 aromatic carbocycles. The Morgan fingerprint density at radius 2 is 2.00 bits per heavy atom. The highest BCUT2D eigenvalue weighted by Crippen LogP contribution is 2.37. The van der Waals surface area contributed by atoms with E-state index in [9.17, 15) is 19.6 Å². The van der Waals surface area contributed by atoms with Crippen LogP contribution in [0.5, 0.6) is 0 Å². The zero-order valence-electron chi connectivity index (χ0n) is 21.0. The number of carbonyl (C=O) groups excluding carboxylic acids is 2. The molecule has 10 heteroatoms. The summed E-state index contributed by atoms with van der Waals surface area (Å²) in [6.07, 6.45) is 6.22. The van der Waals surface area contributed by atoms with E-state index < -0.39 is 0 Å². The molecule has 1 amide bonds. The van der Waals surface area contributed by atoms with Crippen molar-refractivity contribution in [3.8, 4) is 6.07 Å². The molecule has 192 valence electrons. The average Bonchev–Trinajstić information content (AvgIpc) is 3.13. The van der Waals surface area contributed by atoms with E-state index in [4.69, 9.17) is 17.0 Å². The highest BCUT2D eigenvalue weighted by Gasteiger charge is 2.34. The molecular weight excluding hydrogens is 496 g/mol. The third kappa shape index (κ3) is 5.57. The van der Waals surface area contributed by atoms with Crippen LogP contribution in [0, 0.1) is 24.2 Å². The molecule has 2 aliphatic heterocycles. The Balaban J connectivity index is 2.14. The summed E-state index contributed by atoms with van der Waals surface area (Å²) in [7, 11) is 0. The van der Waals surface area contributed by atoms with Crippen LogP contribution >= 0.6 is 24.0 Å². The van der Waals surface area contributed by atoms with E-state index in [1.807, 2.05) is 6.92 Å². The summed E-state index contributed by atoms with van der Waals surface area (Å²) in [5.74, 6) is 0.0834. The molecule has 0 N–H and O–H groups in total. The zero-order valence-corrected chi connectivity index (χ0v) is 22.7. The number of hydrogen-bond donors (Lipinski definition) is 0. The van der Waals surface area contributed by atoms with Gasteiger partial charge in [0.25, 0.3) is 11.5 Å². The largest absolute Gasteiger partial charge is 0.466 e.